The number of nitrogens with zero attached hydrogens (tertiary/aromatic N) is 5. The largest absolute Gasteiger partial charge is 0.375 e. The Morgan fingerprint density at radius 1 is 1.28 bits per heavy atom. The summed E-state index contributed by atoms with van der Waals surface area (Å²) in [5, 5.41) is 8.70. The van der Waals surface area contributed by atoms with E-state index in [4.69, 9.17) is 4.74 Å². The molecule has 0 spiro atoms. The minimum absolute atomic E-state index is 0.0143. The highest BCUT2D eigenvalue weighted by Crippen LogP contribution is 2.22. The highest BCUT2D eigenvalue weighted by Gasteiger charge is 2.25. The van der Waals surface area contributed by atoms with Crippen LogP contribution in [0.2, 0.25) is 0 Å². The first-order chi connectivity index (χ1) is 13.9. The van der Waals surface area contributed by atoms with Gasteiger partial charge in [0.2, 0.25) is 15.9 Å². The van der Waals surface area contributed by atoms with Gasteiger partial charge in [-0.25, -0.2) is 8.42 Å². The van der Waals surface area contributed by atoms with Gasteiger partial charge in [-0.15, -0.1) is 10.2 Å². The van der Waals surface area contributed by atoms with Crippen molar-refractivity contribution >= 4 is 33.3 Å². The van der Waals surface area contributed by atoms with Gasteiger partial charge in [0.05, 0.1) is 23.4 Å². The van der Waals surface area contributed by atoms with E-state index in [2.05, 4.69) is 10.2 Å². The molecule has 2 aromatic heterocycles. The number of aromatic nitrogens is 3. The molecule has 0 aromatic carbocycles. The van der Waals surface area contributed by atoms with Gasteiger partial charge in [-0.2, -0.15) is 4.31 Å². The predicted octanol–water partition coefficient (Wildman–Crippen LogP) is 1.49. The van der Waals surface area contributed by atoms with Gasteiger partial charge in [-0.05, 0) is 18.6 Å². The molecule has 1 atom stereocenters. The first kappa shape index (κ1) is 22.0. The number of thioether (sulfide) groups is 1. The molecule has 1 unspecified atom stereocenters. The minimum atomic E-state index is -3.59. The molecular formula is C18H27N5O4S2. The van der Waals surface area contributed by atoms with E-state index < -0.39 is 10.0 Å². The number of carbonyl (C=O) groups is 1. The maximum atomic E-state index is 12.8. The molecule has 1 saturated heterocycles. The number of pyridine rings is 1. The second kappa shape index (κ2) is 9.41. The van der Waals surface area contributed by atoms with Crippen LogP contribution in [0.1, 0.15) is 27.2 Å². The average molecular weight is 442 g/mol. The molecule has 1 aliphatic heterocycles. The lowest BCUT2D eigenvalue weighted by atomic mass is 10.2. The van der Waals surface area contributed by atoms with Gasteiger partial charge < -0.3 is 9.64 Å². The molecule has 0 bridgehead atoms. The van der Waals surface area contributed by atoms with Crippen LogP contribution < -0.4 is 0 Å². The number of ether oxygens (including phenoxy) is 1. The monoisotopic (exact) mass is 441 g/mol. The molecular weight excluding hydrogens is 414 g/mol. The van der Waals surface area contributed by atoms with Crippen molar-refractivity contribution in [3.63, 3.8) is 0 Å². The topological polar surface area (TPSA) is 97.1 Å². The molecule has 9 nitrogen and oxygen atoms in total. The van der Waals surface area contributed by atoms with Crippen LogP contribution in [0.5, 0.6) is 0 Å². The maximum Gasteiger partial charge on any atom is 0.244 e. The highest BCUT2D eigenvalue weighted by molar-refractivity contribution is 7.99. The number of sulfonamides is 1. The fourth-order valence-corrected chi connectivity index (χ4v) is 5.50. The van der Waals surface area contributed by atoms with E-state index in [1.54, 1.807) is 24.3 Å². The summed E-state index contributed by atoms with van der Waals surface area (Å²) in [5.41, 5.74) is 0.538. The zero-order valence-electron chi connectivity index (χ0n) is 16.9. The third kappa shape index (κ3) is 4.73. The first-order valence-corrected chi connectivity index (χ1v) is 12.2. The maximum absolute atomic E-state index is 12.8. The lowest BCUT2D eigenvalue weighted by Gasteiger charge is -2.32. The molecule has 0 N–H and O–H groups in total. The zero-order chi connectivity index (χ0) is 21.0. The summed E-state index contributed by atoms with van der Waals surface area (Å²) >= 11 is 1.26. The number of fused-ring (bicyclic) bond motifs is 1. The number of hydrogen-bond donors (Lipinski definition) is 0. The van der Waals surface area contributed by atoms with Crippen molar-refractivity contribution in [3.8, 4) is 0 Å². The molecule has 0 radical (unpaired) electrons. The number of morpholine rings is 1. The lowest BCUT2D eigenvalue weighted by molar-refractivity contribution is -0.135. The van der Waals surface area contributed by atoms with E-state index in [9.17, 15) is 13.2 Å². The van der Waals surface area contributed by atoms with Gasteiger partial charge in [0, 0.05) is 32.4 Å². The van der Waals surface area contributed by atoms with Crippen molar-refractivity contribution in [2.75, 3.05) is 38.5 Å². The third-order valence-electron chi connectivity index (χ3n) is 4.96. The standard InChI is InChI=1S/C18H27N5O4S2/c1-4-14-11-21(9-10-27-14)17(24)13-28-18-20-19-16-8-7-15(12-23(16)18)29(25,26)22(5-2)6-3/h7-8,12,14H,4-6,9-11,13H2,1-3H3. The molecule has 1 aliphatic rings. The molecule has 160 valence electrons. The molecule has 11 heteroatoms. The summed E-state index contributed by atoms with van der Waals surface area (Å²) < 4.78 is 34.2. The van der Waals surface area contributed by atoms with Crippen molar-refractivity contribution in [1.82, 2.24) is 23.8 Å². The highest BCUT2D eigenvalue weighted by atomic mass is 32.2. The average Bonchev–Trinajstić information content (AvgIpc) is 3.15. The van der Waals surface area contributed by atoms with E-state index in [-0.39, 0.29) is 22.7 Å². The normalized spacial score (nSPS) is 17.9. The van der Waals surface area contributed by atoms with Crippen molar-refractivity contribution in [2.24, 2.45) is 0 Å². The molecule has 0 saturated carbocycles. The molecule has 1 fully saturated rings. The first-order valence-electron chi connectivity index (χ1n) is 9.77. The zero-order valence-corrected chi connectivity index (χ0v) is 18.6. The number of rotatable bonds is 8. The van der Waals surface area contributed by atoms with Crippen LogP contribution in [0.15, 0.2) is 28.4 Å². The van der Waals surface area contributed by atoms with Crippen molar-refractivity contribution < 1.29 is 17.9 Å². The Balaban J connectivity index is 1.76. The van der Waals surface area contributed by atoms with E-state index in [1.165, 1.54) is 28.3 Å². The number of carbonyl (C=O) groups excluding carboxylic acids is 1. The molecule has 0 aliphatic carbocycles. The van der Waals surface area contributed by atoms with Gasteiger partial charge in [-0.3, -0.25) is 9.20 Å². The minimum Gasteiger partial charge on any atom is -0.375 e. The molecule has 3 heterocycles. The Morgan fingerprint density at radius 2 is 2.03 bits per heavy atom. The molecule has 29 heavy (non-hydrogen) atoms. The van der Waals surface area contributed by atoms with Crippen LogP contribution in [0, 0.1) is 0 Å². The Hall–Kier alpha value is -1.69. The van der Waals surface area contributed by atoms with Crippen molar-refractivity contribution in [2.45, 2.75) is 43.3 Å². The van der Waals surface area contributed by atoms with Gasteiger partial charge in [0.25, 0.3) is 0 Å². The van der Waals surface area contributed by atoms with E-state index in [0.717, 1.165) is 6.42 Å². The van der Waals surface area contributed by atoms with Gasteiger partial charge in [-0.1, -0.05) is 32.5 Å². The molecule has 2 aromatic rings. The van der Waals surface area contributed by atoms with E-state index in [0.29, 0.717) is 43.6 Å². The van der Waals surface area contributed by atoms with Crippen LogP contribution in [0.25, 0.3) is 5.65 Å². The van der Waals surface area contributed by atoms with Gasteiger partial charge >= 0.3 is 0 Å². The summed E-state index contributed by atoms with van der Waals surface area (Å²) in [4.78, 5) is 14.6. The van der Waals surface area contributed by atoms with Crippen molar-refractivity contribution in [1.29, 1.82) is 0 Å². The van der Waals surface area contributed by atoms with Crippen LogP contribution in [-0.2, 0) is 19.6 Å². The quantitative estimate of drug-likeness (QED) is 0.573. The summed E-state index contributed by atoms with van der Waals surface area (Å²) in [5.74, 6) is 0.227. The third-order valence-corrected chi connectivity index (χ3v) is 7.92. The molecule has 1 amide bonds. The predicted molar refractivity (Wildman–Crippen MR) is 110 cm³/mol. The Morgan fingerprint density at radius 3 is 2.72 bits per heavy atom. The fraction of sp³-hybridized carbons (Fsp3) is 0.611. The summed E-state index contributed by atoms with van der Waals surface area (Å²) in [7, 11) is -3.59. The Bertz CT molecular complexity index is 958. The summed E-state index contributed by atoms with van der Waals surface area (Å²) in [6.45, 7) is 8.18. The van der Waals surface area contributed by atoms with E-state index in [1.807, 2.05) is 11.8 Å². The second-order valence-corrected chi connectivity index (χ2v) is 9.57. The van der Waals surface area contributed by atoms with Gasteiger partial charge in [0.15, 0.2) is 10.8 Å². The van der Waals surface area contributed by atoms with Crippen LogP contribution in [0.3, 0.4) is 0 Å². The lowest BCUT2D eigenvalue weighted by Crippen LogP contribution is -2.46. The van der Waals surface area contributed by atoms with Crippen molar-refractivity contribution in [3.05, 3.63) is 18.3 Å². The Kier molecular flexibility index (Phi) is 7.14. The summed E-state index contributed by atoms with van der Waals surface area (Å²) in [6.07, 6.45) is 2.48. The number of hydrogen-bond acceptors (Lipinski definition) is 7. The smallest absolute Gasteiger partial charge is 0.244 e. The van der Waals surface area contributed by atoms with Gasteiger partial charge in [0.1, 0.15) is 0 Å². The number of amides is 1. The summed E-state index contributed by atoms with van der Waals surface area (Å²) in [6, 6.07) is 3.17. The Labute approximate surface area is 175 Å². The van der Waals surface area contributed by atoms with Crippen LogP contribution in [0.4, 0.5) is 0 Å². The van der Waals surface area contributed by atoms with Crippen LogP contribution in [-0.4, -0.2) is 82.8 Å². The van der Waals surface area contributed by atoms with E-state index >= 15 is 0 Å². The second-order valence-electron chi connectivity index (χ2n) is 6.69. The molecule has 3 rings (SSSR count). The fourth-order valence-electron chi connectivity index (χ4n) is 3.22. The SMILES string of the molecule is CCC1CN(C(=O)CSc2nnc3ccc(S(=O)(=O)N(CC)CC)cn23)CCO1. The van der Waals surface area contributed by atoms with Crippen LogP contribution >= 0.6 is 11.8 Å².